The van der Waals surface area contributed by atoms with Crippen LogP contribution in [0.5, 0.6) is 0 Å². The molecule has 86 valence electrons. The molecule has 16 heavy (non-hydrogen) atoms. The fourth-order valence-corrected chi connectivity index (χ4v) is 1.83. The maximum Gasteiger partial charge on any atom is 0.354 e. The van der Waals surface area contributed by atoms with Gasteiger partial charge in [-0.1, -0.05) is 6.92 Å². The van der Waals surface area contributed by atoms with Crippen molar-refractivity contribution in [3.05, 3.63) is 18.0 Å². The summed E-state index contributed by atoms with van der Waals surface area (Å²) in [6.45, 7) is 4.04. The molecule has 0 saturated carbocycles. The second-order valence-corrected chi connectivity index (χ2v) is 4.22. The highest BCUT2D eigenvalue weighted by Gasteiger charge is 2.18. The predicted molar refractivity (Wildman–Crippen MR) is 59.6 cm³/mol. The van der Waals surface area contributed by atoms with Gasteiger partial charge in [0.25, 0.3) is 0 Å². The number of aromatic carboxylic acids is 1. The van der Waals surface area contributed by atoms with Crippen LogP contribution in [0.1, 0.15) is 30.3 Å². The van der Waals surface area contributed by atoms with Crippen LogP contribution < -0.4 is 4.90 Å². The van der Waals surface area contributed by atoms with Crippen molar-refractivity contribution in [1.82, 2.24) is 9.97 Å². The molecule has 1 aromatic heterocycles. The van der Waals surface area contributed by atoms with E-state index in [0.29, 0.717) is 5.95 Å². The average molecular weight is 221 g/mol. The monoisotopic (exact) mass is 221 g/mol. The van der Waals surface area contributed by atoms with E-state index in [9.17, 15) is 4.79 Å². The summed E-state index contributed by atoms with van der Waals surface area (Å²) in [7, 11) is 0. The number of piperidine rings is 1. The van der Waals surface area contributed by atoms with Crippen LogP contribution in [0.25, 0.3) is 0 Å². The van der Waals surface area contributed by atoms with Crippen LogP contribution in [-0.4, -0.2) is 34.1 Å². The standard InChI is InChI=1S/C11H15N3O2/c1-8-3-6-14(7-4-8)11-12-5-2-9(13-11)10(15)16/h2,5,8H,3-4,6-7H2,1H3,(H,15,16). The SMILES string of the molecule is CC1CCN(c2nccc(C(=O)O)n2)CC1. The van der Waals surface area contributed by atoms with E-state index in [4.69, 9.17) is 5.11 Å². The molecule has 1 fully saturated rings. The van der Waals surface area contributed by atoms with Crippen LogP contribution in [0.3, 0.4) is 0 Å². The van der Waals surface area contributed by atoms with Gasteiger partial charge in [-0.05, 0) is 24.8 Å². The van der Waals surface area contributed by atoms with E-state index in [-0.39, 0.29) is 5.69 Å². The van der Waals surface area contributed by atoms with Crippen molar-refractivity contribution in [2.45, 2.75) is 19.8 Å². The van der Waals surface area contributed by atoms with Gasteiger partial charge >= 0.3 is 5.97 Å². The Morgan fingerprint density at radius 3 is 2.81 bits per heavy atom. The van der Waals surface area contributed by atoms with Crippen LogP contribution in [-0.2, 0) is 0 Å². The Balaban J connectivity index is 2.14. The predicted octanol–water partition coefficient (Wildman–Crippen LogP) is 1.41. The molecule has 1 aromatic rings. The summed E-state index contributed by atoms with van der Waals surface area (Å²) < 4.78 is 0. The Morgan fingerprint density at radius 1 is 1.50 bits per heavy atom. The van der Waals surface area contributed by atoms with E-state index in [1.165, 1.54) is 12.3 Å². The molecule has 0 aromatic carbocycles. The van der Waals surface area contributed by atoms with E-state index in [1.807, 2.05) is 4.90 Å². The molecule has 5 heteroatoms. The molecular weight excluding hydrogens is 206 g/mol. The minimum absolute atomic E-state index is 0.0589. The maximum absolute atomic E-state index is 10.8. The molecule has 0 atom stereocenters. The minimum Gasteiger partial charge on any atom is -0.477 e. The average Bonchev–Trinajstić information content (AvgIpc) is 2.30. The molecule has 1 aliphatic heterocycles. The Morgan fingerprint density at radius 2 is 2.19 bits per heavy atom. The third-order valence-electron chi connectivity index (χ3n) is 2.93. The lowest BCUT2D eigenvalue weighted by molar-refractivity contribution is 0.0690. The lowest BCUT2D eigenvalue weighted by Crippen LogP contribution is -2.34. The van der Waals surface area contributed by atoms with Crippen LogP contribution in [0, 0.1) is 5.92 Å². The van der Waals surface area contributed by atoms with Crippen LogP contribution in [0.4, 0.5) is 5.95 Å². The zero-order chi connectivity index (χ0) is 11.5. The molecule has 0 unspecified atom stereocenters. The van der Waals surface area contributed by atoms with Gasteiger partial charge in [0.15, 0.2) is 5.69 Å². The molecule has 1 N–H and O–H groups in total. The Kier molecular flexibility index (Phi) is 3.03. The first kappa shape index (κ1) is 10.9. The Bertz CT molecular complexity index is 387. The van der Waals surface area contributed by atoms with E-state index >= 15 is 0 Å². The van der Waals surface area contributed by atoms with E-state index in [2.05, 4.69) is 16.9 Å². The Hall–Kier alpha value is -1.65. The van der Waals surface area contributed by atoms with E-state index < -0.39 is 5.97 Å². The number of carbonyl (C=O) groups is 1. The summed E-state index contributed by atoms with van der Waals surface area (Å²) in [6.07, 6.45) is 3.73. The number of carboxylic acid groups (broad SMARTS) is 1. The Labute approximate surface area is 94.1 Å². The smallest absolute Gasteiger partial charge is 0.354 e. The van der Waals surface area contributed by atoms with Crippen molar-refractivity contribution in [2.24, 2.45) is 5.92 Å². The normalized spacial score (nSPS) is 17.4. The highest BCUT2D eigenvalue weighted by molar-refractivity contribution is 5.85. The summed E-state index contributed by atoms with van der Waals surface area (Å²) in [5.74, 6) is 0.264. The summed E-state index contributed by atoms with van der Waals surface area (Å²) >= 11 is 0. The van der Waals surface area contributed by atoms with Gasteiger partial charge < -0.3 is 10.0 Å². The van der Waals surface area contributed by atoms with Gasteiger partial charge in [-0.2, -0.15) is 0 Å². The van der Waals surface area contributed by atoms with Crippen molar-refractivity contribution >= 4 is 11.9 Å². The fraction of sp³-hybridized carbons (Fsp3) is 0.545. The first-order valence-electron chi connectivity index (χ1n) is 5.48. The summed E-state index contributed by atoms with van der Waals surface area (Å²) in [6, 6.07) is 1.42. The first-order valence-corrected chi connectivity index (χ1v) is 5.48. The van der Waals surface area contributed by atoms with Crippen molar-refractivity contribution in [3.63, 3.8) is 0 Å². The molecule has 0 radical (unpaired) electrons. The summed E-state index contributed by atoms with van der Waals surface area (Å²) in [5.41, 5.74) is 0.0589. The number of rotatable bonds is 2. The lowest BCUT2D eigenvalue weighted by Gasteiger charge is -2.30. The van der Waals surface area contributed by atoms with Gasteiger partial charge in [0.05, 0.1) is 0 Å². The first-order chi connectivity index (χ1) is 7.66. The second-order valence-electron chi connectivity index (χ2n) is 4.22. The number of carboxylic acids is 1. The van der Waals surface area contributed by atoms with Crippen molar-refractivity contribution in [1.29, 1.82) is 0 Å². The number of hydrogen-bond donors (Lipinski definition) is 1. The topological polar surface area (TPSA) is 66.3 Å². The largest absolute Gasteiger partial charge is 0.477 e. The lowest BCUT2D eigenvalue weighted by atomic mass is 10.00. The number of nitrogens with zero attached hydrogens (tertiary/aromatic N) is 3. The maximum atomic E-state index is 10.8. The van der Waals surface area contributed by atoms with Gasteiger partial charge in [-0.25, -0.2) is 14.8 Å². The molecule has 0 amide bonds. The molecule has 2 heterocycles. The van der Waals surface area contributed by atoms with Crippen molar-refractivity contribution < 1.29 is 9.90 Å². The zero-order valence-corrected chi connectivity index (χ0v) is 9.26. The molecule has 0 aliphatic carbocycles. The second kappa shape index (κ2) is 4.47. The molecule has 5 nitrogen and oxygen atoms in total. The van der Waals surface area contributed by atoms with Crippen LogP contribution in [0.2, 0.25) is 0 Å². The minimum atomic E-state index is -1.01. The molecule has 1 aliphatic rings. The van der Waals surface area contributed by atoms with Crippen molar-refractivity contribution in [3.8, 4) is 0 Å². The van der Waals surface area contributed by atoms with Crippen molar-refractivity contribution in [2.75, 3.05) is 18.0 Å². The fourth-order valence-electron chi connectivity index (χ4n) is 1.83. The summed E-state index contributed by atoms with van der Waals surface area (Å²) in [4.78, 5) is 21.0. The highest BCUT2D eigenvalue weighted by atomic mass is 16.4. The van der Waals surface area contributed by atoms with Gasteiger partial charge in [0.2, 0.25) is 5.95 Å². The van der Waals surface area contributed by atoms with Crippen LogP contribution in [0.15, 0.2) is 12.3 Å². The van der Waals surface area contributed by atoms with Gasteiger partial charge in [0, 0.05) is 19.3 Å². The molecular formula is C11H15N3O2. The summed E-state index contributed by atoms with van der Waals surface area (Å²) in [5, 5.41) is 8.84. The number of anilines is 1. The zero-order valence-electron chi connectivity index (χ0n) is 9.26. The molecule has 0 bridgehead atoms. The number of aromatic nitrogens is 2. The third-order valence-corrected chi connectivity index (χ3v) is 2.93. The van der Waals surface area contributed by atoms with Gasteiger partial charge in [-0.3, -0.25) is 0 Å². The third kappa shape index (κ3) is 2.29. The quantitative estimate of drug-likeness (QED) is 0.817. The van der Waals surface area contributed by atoms with E-state index in [1.54, 1.807) is 0 Å². The molecule has 2 rings (SSSR count). The molecule has 1 saturated heterocycles. The number of hydrogen-bond acceptors (Lipinski definition) is 4. The van der Waals surface area contributed by atoms with Gasteiger partial charge in [-0.15, -0.1) is 0 Å². The van der Waals surface area contributed by atoms with Crippen LogP contribution >= 0.6 is 0 Å². The molecule has 0 spiro atoms. The van der Waals surface area contributed by atoms with E-state index in [0.717, 1.165) is 31.8 Å². The van der Waals surface area contributed by atoms with Gasteiger partial charge in [0.1, 0.15) is 0 Å². The highest BCUT2D eigenvalue weighted by Crippen LogP contribution is 2.19.